The van der Waals surface area contributed by atoms with Crippen molar-refractivity contribution in [3.05, 3.63) is 117 Å². The third-order valence-corrected chi connectivity index (χ3v) is 6.59. The van der Waals surface area contributed by atoms with Gasteiger partial charge in [0.2, 0.25) is 4.96 Å². The summed E-state index contributed by atoms with van der Waals surface area (Å²) < 4.78 is 3.72. The summed E-state index contributed by atoms with van der Waals surface area (Å²) in [5.74, 6) is 0.494. The smallest absolute Gasteiger partial charge is 0.266 e. The molecule has 6 rings (SSSR count). The van der Waals surface area contributed by atoms with Gasteiger partial charge in [-0.15, -0.1) is 5.10 Å². The van der Waals surface area contributed by atoms with Crippen LogP contribution in [0.25, 0.3) is 39.4 Å². The van der Waals surface area contributed by atoms with Crippen LogP contribution >= 0.6 is 22.9 Å². The maximum Gasteiger partial charge on any atom is 0.291 e. The lowest BCUT2D eigenvalue weighted by Gasteiger charge is -2.00. The Balaban J connectivity index is 1.48. The fraction of sp³-hybridized carbons (Fsp3) is 0. The standard InChI is InChI=1S/C26H16ClN5OS/c27-20-13-11-18(12-14-20)24-28-26-32(30-24)25(33)22(34-26)15-19-16-31(21-9-5-2-6-10-21)29-23(19)17-7-3-1-4-8-17/h1-16H/b22-15-. The van der Waals surface area contributed by atoms with Crippen LogP contribution in [-0.4, -0.2) is 24.4 Å². The minimum atomic E-state index is -0.209. The minimum absolute atomic E-state index is 0.209. The molecule has 8 heteroatoms. The van der Waals surface area contributed by atoms with Gasteiger partial charge in [0.05, 0.1) is 15.9 Å². The molecule has 0 unspecified atom stereocenters. The number of halogens is 1. The zero-order chi connectivity index (χ0) is 23.1. The van der Waals surface area contributed by atoms with Crippen molar-refractivity contribution in [2.24, 2.45) is 0 Å². The van der Waals surface area contributed by atoms with Crippen molar-refractivity contribution in [3.8, 4) is 28.3 Å². The van der Waals surface area contributed by atoms with E-state index in [1.807, 2.05) is 89.8 Å². The molecule has 0 bridgehead atoms. The van der Waals surface area contributed by atoms with Crippen LogP contribution in [0.3, 0.4) is 0 Å². The molecule has 3 heterocycles. The Bertz CT molecular complexity index is 1720. The van der Waals surface area contributed by atoms with Gasteiger partial charge >= 0.3 is 0 Å². The number of aromatic nitrogens is 5. The molecule has 6 aromatic rings. The molecule has 3 aromatic heterocycles. The molecule has 0 aliphatic rings. The van der Waals surface area contributed by atoms with E-state index in [1.54, 1.807) is 12.1 Å². The zero-order valence-electron chi connectivity index (χ0n) is 17.7. The molecule has 3 aromatic carbocycles. The topological polar surface area (TPSA) is 65.1 Å². The number of fused-ring (bicyclic) bond motifs is 1. The van der Waals surface area contributed by atoms with Crippen LogP contribution in [0.15, 0.2) is 95.9 Å². The molecule has 164 valence electrons. The summed E-state index contributed by atoms with van der Waals surface area (Å²) in [5.41, 5.74) is 4.15. The third-order valence-electron chi connectivity index (χ3n) is 5.38. The summed E-state index contributed by atoms with van der Waals surface area (Å²) in [6.07, 6.45) is 3.80. The molecule has 0 atom stereocenters. The molecule has 0 spiro atoms. The first-order valence-corrected chi connectivity index (χ1v) is 11.7. The fourth-order valence-corrected chi connectivity index (χ4v) is 4.75. The van der Waals surface area contributed by atoms with Crippen molar-refractivity contribution in [2.45, 2.75) is 0 Å². The van der Waals surface area contributed by atoms with E-state index < -0.39 is 0 Å². The predicted molar refractivity (Wildman–Crippen MR) is 135 cm³/mol. The summed E-state index contributed by atoms with van der Waals surface area (Å²) in [6.45, 7) is 0. The highest BCUT2D eigenvalue weighted by molar-refractivity contribution is 7.15. The molecule has 0 fully saturated rings. The lowest BCUT2D eigenvalue weighted by Crippen LogP contribution is -2.23. The summed E-state index contributed by atoms with van der Waals surface area (Å²) in [7, 11) is 0. The lowest BCUT2D eigenvalue weighted by molar-refractivity contribution is 0.884. The van der Waals surface area contributed by atoms with Gasteiger partial charge in [-0.05, 0) is 42.5 Å². The van der Waals surface area contributed by atoms with E-state index >= 15 is 0 Å². The second kappa shape index (κ2) is 8.37. The molecule has 0 saturated heterocycles. The Hall–Kier alpha value is -4.07. The molecular weight excluding hydrogens is 466 g/mol. The van der Waals surface area contributed by atoms with Crippen LogP contribution in [0.4, 0.5) is 0 Å². The fourth-order valence-electron chi connectivity index (χ4n) is 3.72. The van der Waals surface area contributed by atoms with Gasteiger partial charge in [-0.3, -0.25) is 4.79 Å². The number of hydrogen-bond acceptors (Lipinski definition) is 5. The first kappa shape index (κ1) is 20.5. The Labute approximate surface area is 203 Å². The van der Waals surface area contributed by atoms with Gasteiger partial charge in [0.15, 0.2) is 5.82 Å². The molecule has 0 aliphatic carbocycles. The Kier molecular flexibility index (Phi) is 5.05. The third kappa shape index (κ3) is 3.71. The van der Waals surface area contributed by atoms with Crippen molar-refractivity contribution >= 4 is 34.0 Å². The SMILES string of the molecule is O=c1/c(=C/c2cn(-c3ccccc3)nc2-c2ccccc2)sc2nc(-c3ccc(Cl)cc3)nn12. The maximum absolute atomic E-state index is 13.1. The first-order valence-electron chi connectivity index (χ1n) is 10.5. The van der Waals surface area contributed by atoms with Gasteiger partial charge in [-0.25, -0.2) is 4.68 Å². The predicted octanol–water partition coefficient (Wildman–Crippen LogP) is 4.87. The average Bonchev–Trinajstić information content (AvgIpc) is 3.56. The Morgan fingerprint density at radius 3 is 2.24 bits per heavy atom. The molecule has 0 N–H and O–H groups in total. The molecule has 6 nitrogen and oxygen atoms in total. The summed E-state index contributed by atoms with van der Waals surface area (Å²) in [6, 6.07) is 27.0. The van der Waals surface area contributed by atoms with Crippen molar-refractivity contribution in [3.63, 3.8) is 0 Å². The van der Waals surface area contributed by atoms with Gasteiger partial charge in [0.25, 0.3) is 5.56 Å². The van der Waals surface area contributed by atoms with Gasteiger partial charge in [0, 0.05) is 27.9 Å². The number of hydrogen-bond donors (Lipinski definition) is 0. The van der Waals surface area contributed by atoms with Crippen LogP contribution in [0.5, 0.6) is 0 Å². The number of rotatable bonds is 4. The second-order valence-corrected chi connectivity index (χ2v) is 9.08. The van der Waals surface area contributed by atoms with E-state index in [4.69, 9.17) is 16.7 Å². The number of benzene rings is 3. The van der Waals surface area contributed by atoms with Crippen LogP contribution < -0.4 is 10.1 Å². The van der Waals surface area contributed by atoms with Crippen LogP contribution in [-0.2, 0) is 0 Å². The molecule has 0 amide bonds. The highest BCUT2D eigenvalue weighted by atomic mass is 35.5. The van der Waals surface area contributed by atoms with Crippen molar-refractivity contribution in [1.29, 1.82) is 0 Å². The van der Waals surface area contributed by atoms with E-state index in [2.05, 4.69) is 10.1 Å². The monoisotopic (exact) mass is 481 g/mol. The van der Waals surface area contributed by atoms with E-state index in [9.17, 15) is 4.79 Å². The van der Waals surface area contributed by atoms with Crippen molar-refractivity contribution < 1.29 is 0 Å². The highest BCUT2D eigenvalue weighted by Crippen LogP contribution is 2.24. The van der Waals surface area contributed by atoms with E-state index in [0.29, 0.717) is 20.3 Å². The molecule has 0 saturated carbocycles. The van der Waals surface area contributed by atoms with E-state index in [1.165, 1.54) is 15.9 Å². The van der Waals surface area contributed by atoms with Gasteiger partial charge in [-0.1, -0.05) is 71.5 Å². The Morgan fingerprint density at radius 1 is 0.824 bits per heavy atom. The van der Waals surface area contributed by atoms with Gasteiger partial charge in [0.1, 0.15) is 0 Å². The Morgan fingerprint density at radius 2 is 1.53 bits per heavy atom. The molecule has 0 aliphatic heterocycles. The lowest BCUT2D eigenvalue weighted by atomic mass is 10.1. The van der Waals surface area contributed by atoms with Crippen molar-refractivity contribution in [2.75, 3.05) is 0 Å². The normalized spacial score (nSPS) is 12.0. The average molecular weight is 482 g/mol. The molecular formula is C26H16ClN5OS. The summed E-state index contributed by atoms with van der Waals surface area (Å²) in [4.78, 5) is 18.2. The molecule has 34 heavy (non-hydrogen) atoms. The largest absolute Gasteiger partial charge is 0.291 e. The number of nitrogens with zero attached hydrogens (tertiary/aromatic N) is 5. The zero-order valence-corrected chi connectivity index (χ0v) is 19.2. The van der Waals surface area contributed by atoms with Crippen LogP contribution in [0.1, 0.15) is 5.56 Å². The van der Waals surface area contributed by atoms with Crippen LogP contribution in [0, 0.1) is 0 Å². The van der Waals surface area contributed by atoms with Crippen LogP contribution in [0.2, 0.25) is 5.02 Å². The van der Waals surface area contributed by atoms with E-state index in [0.717, 1.165) is 28.1 Å². The second-order valence-electron chi connectivity index (χ2n) is 7.63. The maximum atomic E-state index is 13.1. The first-order chi connectivity index (χ1) is 16.7. The quantitative estimate of drug-likeness (QED) is 0.360. The summed E-state index contributed by atoms with van der Waals surface area (Å²) in [5, 5.41) is 9.88. The summed E-state index contributed by atoms with van der Waals surface area (Å²) >= 11 is 7.28. The molecule has 0 radical (unpaired) electrons. The van der Waals surface area contributed by atoms with Crippen molar-refractivity contribution in [1.82, 2.24) is 24.4 Å². The van der Waals surface area contributed by atoms with Gasteiger partial charge in [-0.2, -0.15) is 14.6 Å². The van der Waals surface area contributed by atoms with E-state index in [-0.39, 0.29) is 5.56 Å². The van der Waals surface area contributed by atoms with Gasteiger partial charge < -0.3 is 0 Å². The number of thiazole rings is 1. The highest BCUT2D eigenvalue weighted by Gasteiger charge is 2.15. The minimum Gasteiger partial charge on any atom is -0.266 e. The number of para-hydroxylation sites is 1.